The average molecular weight is 352 g/mol. The van der Waals surface area contributed by atoms with Gasteiger partial charge in [-0.1, -0.05) is 11.6 Å². The molecule has 1 aromatic rings. The maximum Gasteiger partial charge on any atom is 0.340 e. The van der Waals surface area contributed by atoms with Crippen LogP contribution in [0.5, 0.6) is 0 Å². The molecular formula is C14H20ClFNO4P. The molecule has 1 amide bonds. The molecule has 0 fully saturated rings. The van der Waals surface area contributed by atoms with E-state index in [1.807, 2.05) is 0 Å². The zero-order valence-corrected chi connectivity index (χ0v) is 14.6. The fourth-order valence-electron chi connectivity index (χ4n) is 1.69. The Kier molecular flexibility index (Phi) is 7.00. The second-order valence-corrected chi connectivity index (χ2v) is 7.62. The minimum Gasteiger partial charge on any atom is -0.325 e. The molecule has 0 bridgehead atoms. The van der Waals surface area contributed by atoms with Gasteiger partial charge in [0.15, 0.2) is 0 Å². The summed E-state index contributed by atoms with van der Waals surface area (Å²) < 4.78 is 36.2. The SMILES string of the molecule is CC(C)OP(=O)(CC(=O)Nc1ccc(F)c(Cl)c1)OC(C)C. The summed E-state index contributed by atoms with van der Waals surface area (Å²) in [4.78, 5) is 12.0. The van der Waals surface area contributed by atoms with Gasteiger partial charge in [0, 0.05) is 5.69 Å². The third-order valence-electron chi connectivity index (χ3n) is 2.28. The van der Waals surface area contributed by atoms with Crippen LogP contribution in [0.1, 0.15) is 27.7 Å². The Morgan fingerprint density at radius 2 is 1.82 bits per heavy atom. The third-order valence-corrected chi connectivity index (χ3v) is 4.73. The second-order valence-electron chi connectivity index (χ2n) is 5.25. The van der Waals surface area contributed by atoms with Crippen LogP contribution in [0, 0.1) is 5.82 Å². The molecule has 1 aromatic carbocycles. The zero-order chi connectivity index (χ0) is 16.9. The van der Waals surface area contributed by atoms with Crippen molar-refractivity contribution in [3.05, 3.63) is 29.0 Å². The largest absolute Gasteiger partial charge is 0.340 e. The van der Waals surface area contributed by atoms with E-state index in [4.69, 9.17) is 20.6 Å². The molecule has 124 valence electrons. The van der Waals surface area contributed by atoms with Gasteiger partial charge in [0.2, 0.25) is 5.91 Å². The summed E-state index contributed by atoms with van der Waals surface area (Å²) in [6.07, 6.45) is -1.13. The van der Waals surface area contributed by atoms with Gasteiger partial charge >= 0.3 is 7.60 Å². The Morgan fingerprint density at radius 3 is 2.27 bits per heavy atom. The Balaban J connectivity index is 2.78. The first-order valence-electron chi connectivity index (χ1n) is 6.82. The van der Waals surface area contributed by atoms with E-state index in [0.717, 1.165) is 6.07 Å². The van der Waals surface area contributed by atoms with Gasteiger partial charge in [-0.15, -0.1) is 0 Å². The third kappa shape index (κ3) is 6.44. The molecule has 0 saturated heterocycles. The van der Waals surface area contributed by atoms with Crippen molar-refractivity contribution < 1.29 is 22.8 Å². The predicted octanol–water partition coefficient (Wildman–Crippen LogP) is 4.46. The number of carbonyl (C=O) groups excluding carboxylic acids is 1. The lowest BCUT2D eigenvalue weighted by Gasteiger charge is -2.22. The summed E-state index contributed by atoms with van der Waals surface area (Å²) in [5, 5.41) is 2.38. The summed E-state index contributed by atoms with van der Waals surface area (Å²) >= 11 is 5.64. The molecule has 0 radical (unpaired) electrons. The number of benzene rings is 1. The van der Waals surface area contributed by atoms with Crippen molar-refractivity contribution in [2.24, 2.45) is 0 Å². The van der Waals surface area contributed by atoms with Gasteiger partial charge < -0.3 is 14.4 Å². The van der Waals surface area contributed by atoms with Crippen LogP contribution in [-0.4, -0.2) is 24.3 Å². The fourth-order valence-corrected chi connectivity index (χ4v) is 3.79. The van der Waals surface area contributed by atoms with E-state index in [0.29, 0.717) is 5.69 Å². The minimum atomic E-state index is -3.57. The molecule has 0 aliphatic rings. The molecule has 5 nitrogen and oxygen atoms in total. The van der Waals surface area contributed by atoms with Crippen molar-refractivity contribution in [2.75, 3.05) is 11.5 Å². The summed E-state index contributed by atoms with van der Waals surface area (Å²) in [5.74, 6) is -1.15. The average Bonchev–Trinajstić information content (AvgIpc) is 2.30. The number of amides is 1. The molecule has 0 spiro atoms. The van der Waals surface area contributed by atoms with Gasteiger partial charge in [0.05, 0.1) is 17.2 Å². The van der Waals surface area contributed by atoms with Gasteiger partial charge in [-0.05, 0) is 45.9 Å². The molecule has 0 unspecified atom stereocenters. The molecule has 1 N–H and O–H groups in total. The van der Waals surface area contributed by atoms with Crippen LogP contribution in [0.15, 0.2) is 18.2 Å². The van der Waals surface area contributed by atoms with Crippen LogP contribution in [-0.2, 0) is 18.4 Å². The van der Waals surface area contributed by atoms with Crippen molar-refractivity contribution in [2.45, 2.75) is 39.9 Å². The van der Waals surface area contributed by atoms with Gasteiger partial charge in [-0.25, -0.2) is 4.39 Å². The molecule has 0 aromatic heterocycles. The molecule has 22 heavy (non-hydrogen) atoms. The van der Waals surface area contributed by atoms with Crippen LogP contribution in [0.4, 0.5) is 10.1 Å². The first-order chi connectivity index (χ1) is 10.1. The quantitative estimate of drug-likeness (QED) is 0.736. The first kappa shape index (κ1) is 19.1. The highest BCUT2D eigenvalue weighted by atomic mass is 35.5. The second kappa shape index (κ2) is 8.06. The molecule has 0 atom stereocenters. The summed E-state index contributed by atoms with van der Waals surface area (Å²) in [6, 6.07) is 3.76. The van der Waals surface area contributed by atoms with E-state index in [9.17, 15) is 13.8 Å². The minimum absolute atomic E-state index is 0.113. The lowest BCUT2D eigenvalue weighted by molar-refractivity contribution is -0.114. The topological polar surface area (TPSA) is 64.6 Å². The molecule has 0 aliphatic carbocycles. The Hall–Kier alpha value is -0.940. The highest BCUT2D eigenvalue weighted by Crippen LogP contribution is 2.50. The van der Waals surface area contributed by atoms with Gasteiger partial charge in [0.25, 0.3) is 0 Å². The van der Waals surface area contributed by atoms with Crippen molar-refractivity contribution in [3.63, 3.8) is 0 Å². The van der Waals surface area contributed by atoms with Gasteiger partial charge in [0.1, 0.15) is 12.0 Å². The number of halogens is 2. The Labute approximate surface area is 134 Å². The van der Waals surface area contributed by atoms with Crippen LogP contribution < -0.4 is 5.32 Å². The van der Waals surface area contributed by atoms with Crippen molar-refractivity contribution in [1.29, 1.82) is 0 Å². The van der Waals surface area contributed by atoms with Crippen molar-refractivity contribution in [1.82, 2.24) is 0 Å². The van der Waals surface area contributed by atoms with Gasteiger partial charge in [-0.2, -0.15) is 0 Å². The maximum absolute atomic E-state index is 13.1. The molecule has 0 saturated carbocycles. The number of nitrogens with one attached hydrogen (secondary N) is 1. The molecule has 1 rings (SSSR count). The van der Waals surface area contributed by atoms with Crippen molar-refractivity contribution >= 4 is 30.8 Å². The molecular weight excluding hydrogens is 332 g/mol. The van der Waals surface area contributed by atoms with E-state index >= 15 is 0 Å². The van der Waals surface area contributed by atoms with E-state index in [2.05, 4.69) is 5.32 Å². The highest BCUT2D eigenvalue weighted by Gasteiger charge is 2.31. The molecule has 8 heteroatoms. The summed E-state index contributed by atoms with van der Waals surface area (Å²) in [6.45, 7) is 6.81. The fraction of sp³-hybridized carbons (Fsp3) is 0.500. The van der Waals surface area contributed by atoms with Crippen LogP contribution >= 0.6 is 19.2 Å². The standard InChI is InChI=1S/C14H20ClFNO4P/c1-9(2)20-22(19,21-10(3)4)8-14(18)17-11-5-6-13(16)12(15)7-11/h5-7,9-10H,8H2,1-4H3,(H,17,18). The zero-order valence-electron chi connectivity index (χ0n) is 12.9. The lowest BCUT2D eigenvalue weighted by atomic mass is 10.3. The molecule has 0 heterocycles. The molecule has 0 aliphatic heterocycles. The summed E-state index contributed by atoms with van der Waals surface area (Å²) in [7, 11) is -3.57. The Bertz CT molecular complexity index is 566. The normalized spacial score (nSPS) is 12.0. The predicted molar refractivity (Wildman–Crippen MR) is 85.0 cm³/mol. The van der Waals surface area contributed by atoms with Crippen LogP contribution in [0.2, 0.25) is 5.02 Å². The van der Waals surface area contributed by atoms with Gasteiger partial charge in [-0.3, -0.25) is 9.36 Å². The highest BCUT2D eigenvalue weighted by molar-refractivity contribution is 7.55. The first-order valence-corrected chi connectivity index (χ1v) is 8.92. The van der Waals surface area contributed by atoms with Crippen LogP contribution in [0.3, 0.4) is 0 Å². The van der Waals surface area contributed by atoms with E-state index in [1.54, 1.807) is 27.7 Å². The monoisotopic (exact) mass is 351 g/mol. The number of hydrogen-bond donors (Lipinski definition) is 1. The van der Waals surface area contributed by atoms with E-state index in [1.165, 1.54) is 12.1 Å². The number of hydrogen-bond acceptors (Lipinski definition) is 4. The number of carbonyl (C=O) groups is 1. The van der Waals surface area contributed by atoms with Crippen LogP contribution in [0.25, 0.3) is 0 Å². The number of anilines is 1. The van der Waals surface area contributed by atoms with Crippen molar-refractivity contribution in [3.8, 4) is 0 Å². The lowest BCUT2D eigenvalue weighted by Crippen LogP contribution is -2.20. The van der Waals surface area contributed by atoms with E-state index in [-0.39, 0.29) is 17.2 Å². The summed E-state index contributed by atoms with van der Waals surface area (Å²) in [5.41, 5.74) is 0.303. The Morgan fingerprint density at radius 1 is 1.27 bits per heavy atom. The number of rotatable bonds is 7. The smallest absolute Gasteiger partial charge is 0.325 e. The van der Waals surface area contributed by atoms with E-state index < -0.39 is 25.5 Å². The maximum atomic E-state index is 13.1.